The first-order valence-electron chi connectivity index (χ1n) is 9.37. The molecule has 6 heteroatoms. The van der Waals surface area contributed by atoms with E-state index < -0.39 is 0 Å². The summed E-state index contributed by atoms with van der Waals surface area (Å²) < 4.78 is 0. The fraction of sp³-hybridized carbons (Fsp3) is 0.579. The lowest BCUT2D eigenvalue weighted by molar-refractivity contribution is -0.118. The molecular formula is C19H28N4O2. The molecule has 0 radical (unpaired) electrons. The van der Waals surface area contributed by atoms with Gasteiger partial charge in [0.1, 0.15) is 0 Å². The van der Waals surface area contributed by atoms with Gasteiger partial charge in [-0.05, 0) is 63.5 Å². The molecule has 3 N–H and O–H groups in total. The molecule has 2 amide bonds. The lowest BCUT2D eigenvalue weighted by atomic mass is 10.2. The zero-order valence-electron chi connectivity index (χ0n) is 14.7. The summed E-state index contributed by atoms with van der Waals surface area (Å²) in [5.41, 5.74) is 1.43. The molecule has 25 heavy (non-hydrogen) atoms. The summed E-state index contributed by atoms with van der Waals surface area (Å²) in [5, 5.41) is 9.06. The first-order chi connectivity index (χ1) is 12.2. The Labute approximate surface area is 149 Å². The van der Waals surface area contributed by atoms with Crippen molar-refractivity contribution in [2.75, 3.05) is 36.8 Å². The monoisotopic (exact) mass is 344 g/mol. The number of likely N-dealkylation sites (tertiary alicyclic amines) is 1. The Kier molecular flexibility index (Phi) is 6.42. The van der Waals surface area contributed by atoms with Crippen molar-refractivity contribution < 1.29 is 9.59 Å². The summed E-state index contributed by atoms with van der Waals surface area (Å²) in [6.07, 6.45) is 6.77. The Bertz CT molecular complexity index is 591. The van der Waals surface area contributed by atoms with Crippen molar-refractivity contribution in [1.82, 2.24) is 10.2 Å². The molecule has 2 aliphatic rings. The van der Waals surface area contributed by atoms with Crippen molar-refractivity contribution in [2.24, 2.45) is 0 Å². The number of anilines is 2. The van der Waals surface area contributed by atoms with Gasteiger partial charge in [-0.15, -0.1) is 0 Å². The molecule has 0 spiro atoms. The zero-order chi connectivity index (χ0) is 17.5. The molecular weight excluding hydrogens is 316 g/mol. The molecule has 3 rings (SSSR count). The number of hydrogen-bond acceptors (Lipinski definition) is 4. The molecule has 2 saturated heterocycles. The molecule has 2 aliphatic heterocycles. The van der Waals surface area contributed by atoms with E-state index in [9.17, 15) is 9.59 Å². The van der Waals surface area contributed by atoms with E-state index in [1.807, 2.05) is 24.3 Å². The third-order valence-corrected chi connectivity index (χ3v) is 4.86. The van der Waals surface area contributed by atoms with Crippen molar-refractivity contribution in [1.29, 1.82) is 0 Å². The second-order valence-electron chi connectivity index (χ2n) is 6.96. The van der Waals surface area contributed by atoms with Crippen molar-refractivity contribution in [2.45, 2.75) is 44.6 Å². The van der Waals surface area contributed by atoms with Crippen LogP contribution in [0.25, 0.3) is 0 Å². The summed E-state index contributed by atoms with van der Waals surface area (Å²) in [7, 11) is 0. The maximum Gasteiger partial charge on any atom is 0.241 e. The van der Waals surface area contributed by atoms with Crippen LogP contribution < -0.4 is 16.0 Å². The number of rotatable bonds is 5. The minimum atomic E-state index is -0.110. The predicted molar refractivity (Wildman–Crippen MR) is 99.6 cm³/mol. The van der Waals surface area contributed by atoms with Gasteiger partial charge in [0, 0.05) is 11.4 Å². The number of carbonyl (C=O) groups is 2. The van der Waals surface area contributed by atoms with Crippen LogP contribution in [0.3, 0.4) is 0 Å². The Morgan fingerprint density at radius 1 is 1.04 bits per heavy atom. The number of nitrogens with zero attached hydrogens (tertiary/aromatic N) is 1. The molecule has 136 valence electrons. The second-order valence-corrected chi connectivity index (χ2v) is 6.96. The van der Waals surface area contributed by atoms with Gasteiger partial charge in [-0.1, -0.05) is 18.9 Å². The molecule has 0 saturated carbocycles. The van der Waals surface area contributed by atoms with Crippen LogP contribution in [0.5, 0.6) is 0 Å². The smallest absolute Gasteiger partial charge is 0.241 e. The summed E-state index contributed by atoms with van der Waals surface area (Å²) in [6.45, 7) is 3.32. The van der Waals surface area contributed by atoms with E-state index in [2.05, 4.69) is 20.9 Å². The van der Waals surface area contributed by atoms with E-state index >= 15 is 0 Å². The lowest BCUT2D eigenvalue weighted by Crippen LogP contribution is -2.35. The highest BCUT2D eigenvalue weighted by molar-refractivity contribution is 5.97. The maximum absolute atomic E-state index is 12.3. The van der Waals surface area contributed by atoms with Crippen LogP contribution in [0.4, 0.5) is 11.4 Å². The summed E-state index contributed by atoms with van der Waals surface area (Å²) in [4.78, 5) is 26.7. The van der Waals surface area contributed by atoms with Crippen molar-refractivity contribution in [3.63, 3.8) is 0 Å². The Morgan fingerprint density at radius 3 is 2.44 bits per heavy atom. The van der Waals surface area contributed by atoms with E-state index in [0.717, 1.165) is 38.2 Å². The maximum atomic E-state index is 12.3. The molecule has 1 aromatic rings. The number of nitrogens with one attached hydrogen (secondary N) is 3. The molecule has 0 aliphatic carbocycles. The van der Waals surface area contributed by atoms with Crippen LogP contribution in [0.2, 0.25) is 0 Å². The molecule has 1 atom stereocenters. The highest BCUT2D eigenvalue weighted by Crippen LogP contribution is 2.17. The van der Waals surface area contributed by atoms with Crippen LogP contribution >= 0.6 is 0 Å². The molecule has 6 nitrogen and oxygen atoms in total. The number of benzene rings is 1. The van der Waals surface area contributed by atoms with Crippen LogP contribution in [-0.2, 0) is 9.59 Å². The Balaban J connectivity index is 1.51. The molecule has 2 heterocycles. The van der Waals surface area contributed by atoms with Crippen molar-refractivity contribution in [3.8, 4) is 0 Å². The fourth-order valence-corrected chi connectivity index (χ4v) is 3.51. The van der Waals surface area contributed by atoms with Gasteiger partial charge in [0.2, 0.25) is 11.8 Å². The van der Waals surface area contributed by atoms with Crippen LogP contribution in [0, 0.1) is 0 Å². The summed E-state index contributed by atoms with van der Waals surface area (Å²) in [5.74, 6) is -0.00613. The Hall–Kier alpha value is -1.92. The SMILES string of the molecule is O=C(CN1CCCCCC1)Nc1cccc(NC(=O)C2CCCN2)c1. The van der Waals surface area contributed by atoms with E-state index in [1.165, 1.54) is 25.7 Å². The van der Waals surface area contributed by atoms with Crippen molar-refractivity contribution in [3.05, 3.63) is 24.3 Å². The van der Waals surface area contributed by atoms with Gasteiger partial charge >= 0.3 is 0 Å². The zero-order valence-corrected chi connectivity index (χ0v) is 14.7. The van der Waals surface area contributed by atoms with E-state index in [-0.39, 0.29) is 17.9 Å². The lowest BCUT2D eigenvalue weighted by Gasteiger charge is -2.19. The third kappa shape index (κ3) is 5.54. The molecule has 0 bridgehead atoms. The fourth-order valence-electron chi connectivity index (χ4n) is 3.51. The number of carbonyl (C=O) groups excluding carboxylic acids is 2. The van der Waals surface area contributed by atoms with E-state index in [4.69, 9.17) is 0 Å². The number of amides is 2. The minimum Gasteiger partial charge on any atom is -0.325 e. The van der Waals surface area contributed by atoms with Gasteiger partial charge in [0.25, 0.3) is 0 Å². The highest BCUT2D eigenvalue weighted by atomic mass is 16.2. The average molecular weight is 344 g/mol. The average Bonchev–Trinajstić information content (AvgIpc) is 3.01. The quantitative estimate of drug-likeness (QED) is 0.766. The number of hydrogen-bond donors (Lipinski definition) is 3. The molecule has 1 aromatic carbocycles. The van der Waals surface area contributed by atoms with Gasteiger partial charge in [0.05, 0.1) is 12.6 Å². The van der Waals surface area contributed by atoms with Crippen molar-refractivity contribution >= 4 is 23.2 Å². The molecule has 1 unspecified atom stereocenters. The minimum absolute atomic E-state index is 0.00263. The van der Waals surface area contributed by atoms with E-state index in [1.54, 1.807) is 0 Å². The van der Waals surface area contributed by atoms with Gasteiger partial charge in [0.15, 0.2) is 0 Å². The van der Waals surface area contributed by atoms with E-state index in [0.29, 0.717) is 12.2 Å². The summed E-state index contributed by atoms with van der Waals surface area (Å²) >= 11 is 0. The Morgan fingerprint density at radius 2 is 1.76 bits per heavy atom. The molecule has 2 fully saturated rings. The van der Waals surface area contributed by atoms with Gasteiger partial charge < -0.3 is 16.0 Å². The summed E-state index contributed by atoms with van der Waals surface area (Å²) in [6, 6.07) is 7.24. The van der Waals surface area contributed by atoms with Gasteiger partial charge in [-0.2, -0.15) is 0 Å². The van der Waals surface area contributed by atoms with Gasteiger partial charge in [-0.3, -0.25) is 14.5 Å². The van der Waals surface area contributed by atoms with Gasteiger partial charge in [-0.25, -0.2) is 0 Å². The first-order valence-corrected chi connectivity index (χ1v) is 9.37. The normalized spacial score (nSPS) is 21.5. The first kappa shape index (κ1) is 17.9. The standard InChI is InChI=1S/C19H28N4O2/c24-18(14-23-11-3-1-2-4-12-23)21-15-7-5-8-16(13-15)22-19(25)17-9-6-10-20-17/h5,7-8,13,17,20H,1-4,6,9-12,14H2,(H,21,24)(H,22,25). The molecule has 0 aromatic heterocycles. The topological polar surface area (TPSA) is 73.5 Å². The van der Waals surface area contributed by atoms with Crippen LogP contribution in [0.1, 0.15) is 38.5 Å². The van der Waals surface area contributed by atoms with Crippen LogP contribution in [0.15, 0.2) is 24.3 Å². The predicted octanol–water partition coefficient (Wildman–Crippen LogP) is 2.19. The highest BCUT2D eigenvalue weighted by Gasteiger charge is 2.22. The van der Waals surface area contributed by atoms with Crippen LogP contribution in [-0.4, -0.2) is 48.9 Å². The third-order valence-electron chi connectivity index (χ3n) is 4.86. The largest absolute Gasteiger partial charge is 0.325 e. The second kappa shape index (κ2) is 8.97.